The van der Waals surface area contributed by atoms with Gasteiger partial charge in [0.05, 0.1) is 12.6 Å². The van der Waals surface area contributed by atoms with Gasteiger partial charge in [-0.1, -0.05) is 26.7 Å². The zero-order valence-electron chi connectivity index (χ0n) is 12.5. The van der Waals surface area contributed by atoms with E-state index in [0.29, 0.717) is 11.8 Å². The fourth-order valence-corrected chi connectivity index (χ4v) is 4.10. The second-order valence-corrected chi connectivity index (χ2v) is 6.92. The number of nitrogens with zero attached hydrogens (tertiary/aromatic N) is 1. The number of hydrogen-bond donors (Lipinski definition) is 1. The molecule has 1 aliphatic heterocycles. The fraction of sp³-hybridized carbons (Fsp3) is 0.938. The number of aliphatic hydroxyl groups excluding tert-OH is 1. The third-order valence-electron chi connectivity index (χ3n) is 4.91. The van der Waals surface area contributed by atoms with Crippen LogP contribution in [0, 0.1) is 11.3 Å². The molecule has 0 aromatic carbocycles. The number of rotatable bonds is 4. The molecule has 1 atom stereocenters. The van der Waals surface area contributed by atoms with Gasteiger partial charge >= 0.3 is 0 Å². The van der Waals surface area contributed by atoms with E-state index in [0.717, 1.165) is 45.1 Å². The van der Waals surface area contributed by atoms with Crippen molar-refractivity contribution in [1.29, 1.82) is 0 Å². The highest BCUT2D eigenvalue weighted by Gasteiger charge is 2.45. The van der Waals surface area contributed by atoms with E-state index in [-0.39, 0.29) is 18.1 Å². The van der Waals surface area contributed by atoms with Crippen LogP contribution in [0.4, 0.5) is 0 Å². The molecule has 1 aliphatic carbocycles. The van der Waals surface area contributed by atoms with Crippen molar-refractivity contribution in [2.45, 2.75) is 71.3 Å². The van der Waals surface area contributed by atoms with Crippen molar-refractivity contribution in [3.8, 4) is 0 Å². The van der Waals surface area contributed by atoms with Crippen molar-refractivity contribution in [1.82, 2.24) is 4.90 Å². The highest BCUT2D eigenvalue weighted by molar-refractivity contribution is 5.83. The summed E-state index contributed by atoms with van der Waals surface area (Å²) in [5.41, 5.74) is -0.112. The lowest BCUT2D eigenvalue weighted by Crippen LogP contribution is -2.51. The molecule has 0 aromatic rings. The van der Waals surface area contributed by atoms with Crippen LogP contribution in [0.2, 0.25) is 0 Å². The summed E-state index contributed by atoms with van der Waals surface area (Å²) < 4.78 is 0. The Morgan fingerprint density at radius 3 is 2.53 bits per heavy atom. The summed E-state index contributed by atoms with van der Waals surface area (Å²) in [4.78, 5) is 15.1. The lowest BCUT2D eigenvalue weighted by Gasteiger charge is -2.41. The minimum atomic E-state index is -0.112. The molecule has 0 radical (unpaired) electrons. The number of likely N-dealkylation sites (tertiary alicyclic amines) is 1. The van der Waals surface area contributed by atoms with E-state index in [1.165, 1.54) is 12.8 Å². The maximum Gasteiger partial charge on any atom is 0.229 e. The number of piperidine rings is 1. The lowest BCUT2D eigenvalue weighted by atomic mass is 9.76. The molecule has 110 valence electrons. The Morgan fingerprint density at radius 1 is 1.26 bits per heavy atom. The van der Waals surface area contributed by atoms with E-state index in [2.05, 4.69) is 13.8 Å². The van der Waals surface area contributed by atoms with E-state index in [9.17, 15) is 9.90 Å². The van der Waals surface area contributed by atoms with Gasteiger partial charge in [-0.3, -0.25) is 4.79 Å². The topological polar surface area (TPSA) is 40.5 Å². The largest absolute Gasteiger partial charge is 0.394 e. The second kappa shape index (κ2) is 6.25. The lowest BCUT2D eigenvalue weighted by molar-refractivity contribution is -0.148. The molecule has 19 heavy (non-hydrogen) atoms. The van der Waals surface area contributed by atoms with Crippen molar-refractivity contribution in [2.75, 3.05) is 13.2 Å². The third-order valence-corrected chi connectivity index (χ3v) is 4.91. The number of hydrogen-bond acceptors (Lipinski definition) is 2. The Bertz CT molecular complexity index is 308. The van der Waals surface area contributed by atoms with Crippen molar-refractivity contribution >= 4 is 5.91 Å². The maximum absolute atomic E-state index is 13.0. The summed E-state index contributed by atoms with van der Waals surface area (Å²) >= 11 is 0. The normalized spacial score (nSPS) is 26.9. The molecule has 0 bridgehead atoms. The quantitative estimate of drug-likeness (QED) is 0.850. The minimum absolute atomic E-state index is 0.0749. The molecule has 1 N–H and O–H groups in total. The number of aliphatic hydroxyl groups is 1. The van der Waals surface area contributed by atoms with Crippen LogP contribution in [0.5, 0.6) is 0 Å². The van der Waals surface area contributed by atoms with Gasteiger partial charge in [0.25, 0.3) is 0 Å². The van der Waals surface area contributed by atoms with E-state index in [4.69, 9.17) is 0 Å². The number of carbonyl (C=O) groups is 1. The monoisotopic (exact) mass is 267 g/mol. The molecule has 1 heterocycles. The zero-order valence-corrected chi connectivity index (χ0v) is 12.5. The standard InChI is InChI=1S/C16H29NO2/c1-13(2)11-16(8-4-5-9-16)15(19)17-10-6-3-7-14(17)12-18/h13-14,18H,3-12H2,1-2H3. The average molecular weight is 267 g/mol. The average Bonchev–Trinajstić information content (AvgIpc) is 2.86. The summed E-state index contributed by atoms with van der Waals surface area (Å²) in [6.07, 6.45) is 8.72. The Hall–Kier alpha value is -0.570. The van der Waals surface area contributed by atoms with Gasteiger partial charge in [-0.2, -0.15) is 0 Å². The van der Waals surface area contributed by atoms with E-state index < -0.39 is 0 Å². The van der Waals surface area contributed by atoms with E-state index >= 15 is 0 Å². The van der Waals surface area contributed by atoms with Gasteiger partial charge in [-0.05, 0) is 44.4 Å². The Kier molecular flexibility index (Phi) is 4.88. The summed E-state index contributed by atoms with van der Waals surface area (Å²) in [5.74, 6) is 0.914. The summed E-state index contributed by atoms with van der Waals surface area (Å²) in [6.45, 7) is 5.41. The van der Waals surface area contributed by atoms with Crippen molar-refractivity contribution in [2.24, 2.45) is 11.3 Å². The van der Waals surface area contributed by atoms with Crippen LogP contribution in [0.1, 0.15) is 65.2 Å². The molecule has 3 nitrogen and oxygen atoms in total. The van der Waals surface area contributed by atoms with Gasteiger partial charge in [-0.15, -0.1) is 0 Å². The number of carbonyl (C=O) groups excluding carboxylic acids is 1. The summed E-state index contributed by atoms with van der Waals surface area (Å²) in [7, 11) is 0. The fourth-order valence-electron chi connectivity index (χ4n) is 4.10. The Morgan fingerprint density at radius 2 is 1.95 bits per heavy atom. The highest BCUT2D eigenvalue weighted by Crippen LogP contribution is 2.45. The highest BCUT2D eigenvalue weighted by atomic mass is 16.3. The van der Waals surface area contributed by atoms with E-state index in [1.54, 1.807) is 0 Å². The first-order valence-electron chi connectivity index (χ1n) is 8.01. The molecular formula is C16H29NO2. The molecule has 2 rings (SSSR count). The van der Waals surface area contributed by atoms with Crippen LogP contribution in [0.3, 0.4) is 0 Å². The zero-order chi connectivity index (χ0) is 13.9. The third kappa shape index (κ3) is 3.13. The van der Waals surface area contributed by atoms with Gasteiger partial charge in [0, 0.05) is 12.0 Å². The van der Waals surface area contributed by atoms with Crippen LogP contribution in [0.15, 0.2) is 0 Å². The van der Waals surface area contributed by atoms with Crippen LogP contribution in [0.25, 0.3) is 0 Å². The van der Waals surface area contributed by atoms with Crippen LogP contribution in [-0.2, 0) is 4.79 Å². The first kappa shape index (κ1) is 14.8. The summed E-state index contributed by atoms with van der Waals surface area (Å²) in [5, 5.41) is 9.53. The molecule has 2 aliphatic rings. The molecule has 1 saturated heterocycles. The van der Waals surface area contributed by atoms with Gasteiger partial charge in [0.1, 0.15) is 0 Å². The Balaban J connectivity index is 2.14. The molecule has 1 unspecified atom stereocenters. The van der Waals surface area contributed by atoms with Gasteiger partial charge in [0.2, 0.25) is 5.91 Å². The molecule has 1 amide bonds. The molecular weight excluding hydrogens is 238 g/mol. The summed E-state index contributed by atoms with van der Waals surface area (Å²) in [6, 6.07) is 0.0749. The second-order valence-electron chi connectivity index (χ2n) is 6.92. The Labute approximate surface area is 117 Å². The minimum Gasteiger partial charge on any atom is -0.394 e. The van der Waals surface area contributed by atoms with Crippen molar-refractivity contribution in [3.63, 3.8) is 0 Å². The SMILES string of the molecule is CC(C)CC1(C(=O)N2CCCCC2CO)CCCC1. The predicted octanol–water partition coefficient (Wildman–Crippen LogP) is 2.97. The van der Waals surface area contributed by atoms with Crippen molar-refractivity contribution < 1.29 is 9.90 Å². The first-order chi connectivity index (χ1) is 9.09. The molecule has 3 heteroatoms. The van der Waals surface area contributed by atoms with Crippen LogP contribution in [-0.4, -0.2) is 35.1 Å². The molecule has 2 fully saturated rings. The molecule has 0 spiro atoms. The van der Waals surface area contributed by atoms with Gasteiger partial charge in [-0.25, -0.2) is 0 Å². The van der Waals surface area contributed by atoms with Crippen LogP contribution < -0.4 is 0 Å². The predicted molar refractivity (Wildman–Crippen MR) is 76.8 cm³/mol. The van der Waals surface area contributed by atoms with Crippen LogP contribution >= 0.6 is 0 Å². The smallest absolute Gasteiger partial charge is 0.229 e. The molecule has 0 aromatic heterocycles. The van der Waals surface area contributed by atoms with E-state index in [1.807, 2.05) is 4.90 Å². The van der Waals surface area contributed by atoms with Gasteiger partial charge in [0.15, 0.2) is 0 Å². The molecule has 1 saturated carbocycles. The van der Waals surface area contributed by atoms with Gasteiger partial charge < -0.3 is 10.0 Å². The number of amides is 1. The van der Waals surface area contributed by atoms with Crippen molar-refractivity contribution in [3.05, 3.63) is 0 Å². The maximum atomic E-state index is 13.0. The first-order valence-corrected chi connectivity index (χ1v) is 8.01.